The largest absolute Gasteiger partial charge is 0.457 e. The molecular weight excluding hydrogens is 280 g/mol. The molecule has 0 unspecified atom stereocenters. The van der Waals surface area contributed by atoms with Crippen LogP contribution in [0.2, 0.25) is 0 Å². The second kappa shape index (κ2) is 5.15. The van der Waals surface area contributed by atoms with E-state index in [1.54, 1.807) is 18.2 Å². The highest BCUT2D eigenvalue weighted by Gasteiger charge is 2.06. The number of Topliss-reactive ketones (excluding diaryl/α,β-unsaturated/α-hetero) is 1. The van der Waals surface area contributed by atoms with Gasteiger partial charge in [0.2, 0.25) is 0 Å². The summed E-state index contributed by atoms with van der Waals surface area (Å²) >= 11 is 3.36. The Morgan fingerprint density at radius 1 is 1.06 bits per heavy atom. The number of ether oxygens (including phenoxy) is 1. The van der Waals surface area contributed by atoms with Crippen molar-refractivity contribution in [1.29, 1.82) is 0 Å². The molecule has 0 aliphatic rings. The Morgan fingerprint density at radius 3 is 2.35 bits per heavy atom. The van der Waals surface area contributed by atoms with Crippen LogP contribution in [0.3, 0.4) is 0 Å². The van der Waals surface area contributed by atoms with E-state index in [0.717, 1.165) is 10.2 Å². The van der Waals surface area contributed by atoms with E-state index in [0.29, 0.717) is 11.3 Å². The lowest BCUT2D eigenvalue weighted by Crippen LogP contribution is -1.94. The molecule has 0 N–H and O–H groups in total. The van der Waals surface area contributed by atoms with E-state index in [9.17, 15) is 4.79 Å². The van der Waals surface area contributed by atoms with Crippen LogP contribution in [0.5, 0.6) is 11.5 Å². The molecule has 0 spiro atoms. The summed E-state index contributed by atoms with van der Waals surface area (Å²) in [7, 11) is 0. The van der Waals surface area contributed by atoms with Crippen LogP contribution in [-0.2, 0) is 0 Å². The maximum atomic E-state index is 11.3. The summed E-state index contributed by atoms with van der Waals surface area (Å²) in [6.45, 7) is 1.54. The van der Waals surface area contributed by atoms with Gasteiger partial charge < -0.3 is 4.74 Å². The third-order valence-corrected chi connectivity index (χ3v) is 2.95. The Balaban J connectivity index is 2.24. The first-order valence-corrected chi connectivity index (χ1v) is 5.99. The van der Waals surface area contributed by atoms with Gasteiger partial charge >= 0.3 is 0 Å². The van der Waals surface area contributed by atoms with Gasteiger partial charge in [0.1, 0.15) is 11.5 Å². The SMILES string of the molecule is CC(=O)c1ccc(Oc2ccccc2)cc1Br. The average Bonchev–Trinajstić information content (AvgIpc) is 2.30. The minimum Gasteiger partial charge on any atom is -0.457 e. The monoisotopic (exact) mass is 290 g/mol. The molecule has 2 nitrogen and oxygen atoms in total. The molecule has 2 rings (SSSR count). The molecule has 0 aliphatic carbocycles. The maximum Gasteiger partial charge on any atom is 0.160 e. The fraction of sp³-hybridized carbons (Fsp3) is 0.0714. The van der Waals surface area contributed by atoms with Crippen molar-refractivity contribution in [3.05, 3.63) is 58.6 Å². The van der Waals surface area contributed by atoms with Gasteiger partial charge in [0.05, 0.1) is 0 Å². The standard InChI is InChI=1S/C14H11BrO2/c1-10(16)13-8-7-12(9-14(13)15)17-11-5-3-2-4-6-11/h2-9H,1H3. The van der Waals surface area contributed by atoms with E-state index in [1.165, 1.54) is 6.92 Å². The van der Waals surface area contributed by atoms with E-state index in [2.05, 4.69) is 15.9 Å². The van der Waals surface area contributed by atoms with Crippen LogP contribution in [-0.4, -0.2) is 5.78 Å². The van der Waals surface area contributed by atoms with Gasteiger partial charge in [-0.1, -0.05) is 18.2 Å². The molecule has 0 aliphatic heterocycles. The Morgan fingerprint density at radius 2 is 1.76 bits per heavy atom. The molecule has 0 amide bonds. The molecule has 0 radical (unpaired) electrons. The summed E-state index contributed by atoms with van der Waals surface area (Å²) in [6.07, 6.45) is 0. The summed E-state index contributed by atoms with van der Waals surface area (Å²) in [4.78, 5) is 11.3. The second-order valence-corrected chi connectivity index (χ2v) is 4.47. The number of benzene rings is 2. The van der Waals surface area contributed by atoms with Gasteiger partial charge in [0.25, 0.3) is 0 Å². The lowest BCUT2D eigenvalue weighted by Gasteiger charge is -2.07. The number of hydrogen-bond acceptors (Lipinski definition) is 2. The van der Waals surface area contributed by atoms with E-state index < -0.39 is 0 Å². The number of carbonyl (C=O) groups is 1. The van der Waals surface area contributed by atoms with Gasteiger partial charge in [0.15, 0.2) is 5.78 Å². The lowest BCUT2D eigenvalue weighted by molar-refractivity contribution is 0.101. The molecular formula is C14H11BrO2. The third-order valence-electron chi connectivity index (χ3n) is 2.30. The first kappa shape index (κ1) is 11.9. The Labute approximate surface area is 108 Å². The zero-order valence-corrected chi connectivity index (χ0v) is 10.9. The highest BCUT2D eigenvalue weighted by molar-refractivity contribution is 9.10. The van der Waals surface area contributed by atoms with Crippen molar-refractivity contribution in [2.45, 2.75) is 6.92 Å². The van der Waals surface area contributed by atoms with Crippen molar-refractivity contribution in [2.24, 2.45) is 0 Å². The van der Waals surface area contributed by atoms with Gasteiger partial charge in [-0.2, -0.15) is 0 Å². The Hall–Kier alpha value is -1.61. The molecule has 17 heavy (non-hydrogen) atoms. The topological polar surface area (TPSA) is 26.3 Å². The van der Waals surface area contributed by atoms with Crippen molar-refractivity contribution >= 4 is 21.7 Å². The normalized spacial score (nSPS) is 10.0. The number of ketones is 1. The zero-order valence-electron chi connectivity index (χ0n) is 9.31. The molecule has 2 aromatic rings. The van der Waals surface area contributed by atoms with Crippen LogP contribution in [0.15, 0.2) is 53.0 Å². The maximum absolute atomic E-state index is 11.3. The van der Waals surface area contributed by atoms with Gasteiger partial charge in [0, 0.05) is 10.0 Å². The molecule has 0 heterocycles. The third kappa shape index (κ3) is 2.94. The number of rotatable bonds is 3. The van der Waals surface area contributed by atoms with Crippen LogP contribution >= 0.6 is 15.9 Å². The molecule has 0 fully saturated rings. The molecule has 3 heteroatoms. The summed E-state index contributed by atoms with van der Waals surface area (Å²) in [5.74, 6) is 1.51. The van der Waals surface area contributed by atoms with Crippen molar-refractivity contribution in [3.63, 3.8) is 0 Å². The van der Waals surface area contributed by atoms with Crippen LogP contribution in [0.4, 0.5) is 0 Å². The number of para-hydroxylation sites is 1. The number of carbonyl (C=O) groups excluding carboxylic acids is 1. The van der Waals surface area contributed by atoms with Crippen LogP contribution in [0, 0.1) is 0 Å². The summed E-state index contributed by atoms with van der Waals surface area (Å²) in [6, 6.07) is 14.9. The molecule has 0 saturated heterocycles. The molecule has 0 aromatic heterocycles. The van der Waals surface area contributed by atoms with Crippen LogP contribution < -0.4 is 4.74 Å². The van der Waals surface area contributed by atoms with Crippen LogP contribution in [0.25, 0.3) is 0 Å². The fourth-order valence-electron chi connectivity index (χ4n) is 1.47. The zero-order chi connectivity index (χ0) is 12.3. The lowest BCUT2D eigenvalue weighted by atomic mass is 10.1. The molecule has 0 atom stereocenters. The Kier molecular flexibility index (Phi) is 3.59. The molecule has 0 bridgehead atoms. The van der Waals surface area contributed by atoms with Crippen molar-refractivity contribution in [1.82, 2.24) is 0 Å². The number of hydrogen-bond donors (Lipinski definition) is 0. The minimum atomic E-state index is 0.0307. The predicted molar refractivity (Wildman–Crippen MR) is 70.7 cm³/mol. The van der Waals surface area contributed by atoms with E-state index in [1.807, 2.05) is 30.3 Å². The minimum absolute atomic E-state index is 0.0307. The first-order chi connectivity index (χ1) is 8.16. The summed E-state index contributed by atoms with van der Waals surface area (Å²) < 4.78 is 6.40. The molecule has 86 valence electrons. The molecule has 2 aromatic carbocycles. The number of halogens is 1. The van der Waals surface area contributed by atoms with E-state index >= 15 is 0 Å². The van der Waals surface area contributed by atoms with Crippen LogP contribution in [0.1, 0.15) is 17.3 Å². The predicted octanol–water partition coefficient (Wildman–Crippen LogP) is 4.44. The van der Waals surface area contributed by atoms with Crippen molar-refractivity contribution < 1.29 is 9.53 Å². The van der Waals surface area contributed by atoms with Gasteiger partial charge in [-0.05, 0) is 53.2 Å². The smallest absolute Gasteiger partial charge is 0.160 e. The second-order valence-electron chi connectivity index (χ2n) is 3.61. The quantitative estimate of drug-likeness (QED) is 0.781. The summed E-state index contributed by atoms with van der Waals surface area (Å²) in [5, 5.41) is 0. The Bertz CT molecular complexity index is 535. The van der Waals surface area contributed by atoms with Crippen molar-refractivity contribution in [2.75, 3.05) is 0 Å². The highest BCUT2D eigenvalue weighted by Crippen LogP contribution is 2.27. The van der Waals surface area contributed by atoms with Crippen molar-refractivity contribution in [3.8, 4) is 11.5 Å². The highest BCUT2D eigenvalue weighted by atomic mass is 79.9. The van der Waals surface area contributed by atoms with E-state index in [-0.39, 0.29) is 5.78 Å². The summed E-state index contributed by atoms with van der Waals surface area (Å²) in [5.41, 5.74) is 0.658. The van der Waals surface area contributed by atoms with Gasteiger partial charge in [-0.15, -0.1) is 0 Å². The van der Waals surface area contributed by atoms with Gasteiger partial charge in [-0.3, -0.25) is 4.79 Å². The first-order valence-electron chi connectivity index (χ1n) is 5.20. The van der Waals surface area contributed by atoms with Gasteiger partial charge in [-0.25, -0.2) is 0 Å². The van der Waals surface area contributed by atoms with E-state index in [4.69, 9.17) is 4.74 Å². The average molecular weight is 291 g/mol. The molecule has 0 saturated carbocycles. The fourth-order valence-corrected chi connectivity index (χ4v) is 2.11.